The van der Waals surface area contributed by atoms with Crippen molar-refractivity contribution in [1.29, 1.82) is 10.7 Å². The highest BCUT2D eigenvalue weighted by Crippen LogP contribution is 2.41. The second-order valence-electron chi connectivity index (χ2n) is 4.22. The molecule has 1 aromatic carbocycles. The zero-order valence-electron chi connectivity index (χ0n) is 11.6. The molecule has 4 nitrogen and oxygen atoms in total. The van der Waals surface area contributed by atoms with E-state index in [0.29, 0.717) is 12.1 Å². The van der Waals surface area contributed by atoms with E-state index in [1.54, 1.807) is 0 Å². The standard InChI is InChI=1S/C12H6Cl2F6N4S/c13-5-1-4(11(15,16)17)2-6(14)8(5)24-10(23)9(7(22)3-21)25-12(18,19)20/h1-2,22,24H,23H2/b10-9+,22-7?. The number of nitrogens with zero attached hydrogens (tertiary/aromatic N) is 1. The Balaban J connectivity index is 3.35. The molecule has 0 aromatic heterocycles. The van der Waals surface area contributed by atoms with E-state index in [1.807, 2.05) is 0 Å². The largest absolute Gasteiger partial charge is 0.446 e. The van der Waals surface area contributed by atoms with E-state index in [4.69, 9.17) is 39.6 Å². The third-order valence-electron chi connectivity index (χ3n) is 2.43. The number of halogens is 8. The van der Waals surface area contributed by atoms with Gasteiger partial charge in [-0.2, -0.15) is 31.6 Å². The average molecular weight is 423 g/mol. The lowest BCUT2D eigenvalue weighted by Gasteiger charge is -2.16. The summed E-state index contributed by atoms with van der Waals surface area (Å²) in [7, 11) is 0. The molecule has 25 heavy (non-hydrogen) atoms. The van der Waals surface area contributed by atoms with E-state index in [-0.39, 0.29) is 0 Å². The summed E-state index contributed by atoms with van der Waals surface area (Å²) in [5.74, 6) is -0.822. The number of rotatable bonds is 4. The molecule has 0 aliphatic carbocycles. The number of alkyl halides is 6. The molecule has 0 bridgehead atoms. The Bertz CT molecular complexity index is 743. The first-order chi connectivity index (χ1) is 11.3. The molecule has 0 atom stereocenters. The van der Waals surface area contributed by atoms with Crippen LogP contribution in [0, 0.1) is 16.7 Å². The van der Waals surface area contributed by atoms with Gasteiger partial charge in [0.05, 0.1) is 26.2 Å². The highest BCUT2D eigenvalue weighted by molar-refractivity contribution is 8.04. The molecule has 0 spiro atoms. The van der Waals surface area contributed by atoms with Crippen molar-refractivity contribution in [2.75, 3.05) is 5.32 Å². The Morgan fingerprint density at radius 2 is 1.64 bits per heavy atom. The number of benzene rings is 1. The first-order valence-corrected chi connectivity index (χ1v) is 7.41. The molecule has 1 rings (SSSR count). The van der Waals surface area contributed by atoms with Gasteiger partial charge in [-0.3, -0.25) is 5.41 Å². The maximum Gasteiger partial charge on any atom is 0.446 e. The first kappa shape index (κ1) is 21.3. The van der Waals surface area contributed by atoms with Crippen LogP contribution in [0.5, 0.6) is 0 Å². The minimum atomic E-state index is -4.86. The fourth-order valence-electron chi connectivity index (χ4n) is 1.45. The van der Waals surface area contributed by atoms with Gasteiger partial charge in [-0.05, 0) is 23.9 Å². The van der Waals surface area contributed by atoms with Crippen LogP contribution in [0.1, 0.15) is 5.56 Å². The van der Waals surface area contributed by atoms with Crippen LogP contribution in [0.3, 0.4) is 0 Å². The lowest BCUT2D eigenvalue weighted by atomic mass is 10.2. The van der Waals surface area contributed by atoms with Crippen molar-refractivity contribution in [2.45, 2.75) is 11.7 Å². The molecule has 0 saturated heterocycles. The van der Waals surface area contributed by atoms with Crippen molar-refractivity contribution in [3.8, 4) is 6.07 Å². The molecule has 4 N–H and O–H groups in total. The van der Waals surface area contributed by atoms with Crippen molar-refractivity contribution in [1.82, 2.24) is 0 Å². The Hall–Kier alpha value is -1.77. The number of hydrogen-bond donors (Lipinski definition) is 3. The summed E-state index contributed by atoms with van der Waals surface area (Å²) in [5, 5.41) is 16.8. The van der Waals surface area contributed by atoms with E-state index < -0.39 is 61.2 Å². The second kappa shape index (κ2) is 7.63. The summed E-state index contributed by atoms with van der Waals surface area (Å²) in [4.78, 5) is -0.984. The van der Waals surface area contributed by atoms with Crippen LogP contribution in [-0.4, -0.2) is 11.2 Å². The quantitative estimate of drug-likeness (QED) is 0.451. The van der Waals surface area contributed by atoms with Crippen LogP contribution < -0.4 is 11.1 Å². The van der Waals surface area contributed by atoms with Crippen LogP contribution in [0.2, 0.25) is 10.0 Å². The number of nitrogens with two attached hydrogens (primary N) is 1. The first-order valence-electron chi connectivity index (χ1n) is 5.84. The molecule has 0 radical (unpaired) electrons. The van der Waals surface area contributed by atoms with E-state index >= 15 is 0 Å². The van der Waals surface area contributed by atoms with Gasteiger partial charge in [-0.25, -0.2) is 0 Å². The van der Waals surface area contributed by atoms with E-state index in [0.717, 1.165) is 0 Å². The van der Waals surface area contributed by atoms with Gasteiger partial charge < -0.3 is 11.1 Å². The predicted molar refractivity (Wildman–Crippen MR) is 83.3 cm³/mol. The van der Waals surface area contributed by atoms with Gasteiger partial charge in [0.25, 0.3) is 0 Å². The molecule has 0 fully saturated rings. The maximum absolute atomic E-state index is 12.6. The van der Waals surface area contributed by atoms with Gasteiger partial charge in [0, 0.05) is 0 Å². The fourth-order valence-corrected chi connectivity index (χ4v) is 2.58. The van der Waals surface area contributed by atoms with Gasteiger partial charge >= 0.3 is 11.7 Å². The summed E-state index contributed by atoms with van der Waals surface area (Å²) >= 11 is 10.5. The number of nitriles is 1. The molecular formula is C12H6Cl2F6N4S. The summed E-state index contributed by atoms with van der Waals surface area (Å²) in [6.45, 7) is 0. The normalized spacial score (nSPS) is 13.1. The maximum atomic E-state index is 12.6. The number of anilines is 1. The van der Waals surface area contributed by atoms with E-state index in [2.05, 4.69) is 5.32 Å². The Labute approximate surface area is 151 Å². The van der Waals surface area contributed by atoms with Crippen molar-refractivity contribution >= 4 is 46.4 Å². The van der Waals surface area contributed by atoms with Crippen molar-refractivity contribution in [3.05, 3.63) is 38.5 Å². The Morgan fingerprint density at radius 3 is 2.00 bits per heavy atom. The molecule has 0 heterocycles. The van der Waals surface area contributed by atoms with Gasteiger partial charge in [-0.15, -0.1) is 0 Å². The topological polar surface area (TPSA) is 85.7 Å². The summed E-state index contributed by atoms with van der Waals surface area (Å²) in [6.07, 6.45) is -4.74. The third kappa shape index (κ3) is 5.91. The Morgan fingerprint density at radius 1 is 1.16 bits per heavy atom. The monoisotopic (exact) mass is 422 g/mol. The summed E-state index contributed by atoms with van der Waals surface area (Å²) in [6, 6.07) is 2.17. The van der Waals surface area contributed by atoms with Gasteiger partial charge in [-0.1, -0.05) is 23.2 Å². The molecule has 0 amide bonds. The summed E-state index contributed by atoms with van der Waals surface area (Å²) < 4.78 is 75.5. The molecular weight excluding hydrogens is 417 g/mol. The number of allylic oxidation sites excluding steroid dienone is 1. The predicted octanol–water partition coefficient (Wildman–Crippen LogP) is 5.35. The highest BCUT2D eigenvalue weighted by Gasteiger charge is 2.34. The van der Waals surface area contributed by atoms with Crippen LogP contribution in [0.25, 0.3) is 0 Å². The smallest absolute Gasteiger partial charge is 0.384 e. The molecule has 0 aliphatic rings. The lowest BCUT2D eigenvalue weighted by Crippen LogP contribution is -2.18. The number of nitrogens with one attached hydrogen (secondary N) is 2. The van der Waals surface area contributed by atoms with Crippen molar-refractivity contribution < 1.29 is 26.3 Å². The minimum Gasteiger partial charge on any atom is -0.384 e. The van der Waals surface area contributed by atoms with E-state index in [1.165, 1.54) is 6.07 Å². The van der Waals surface area contributed by atoms with Crippen LogP contribution in [0.4, 0.5) is 32.0 Å². The molecule has 0 unspecified atom stereocenters. The van der Waals surface area contributed by atoms with Gasteiger partial charge in [0.2, 0.25) is 0 Å². The number of thioether (sulfide) groups is 1. The fraction of sp³-hybridized carbons (Fsp3) is 0.167. The van der Waals surface area contributed by atoms with E-state index in [9.17, 15) is 26.3 Å². The van der Waals surface area contributed by atoms with Crippen LogP contribution >= 0.6 is 35.0 Å². The summed E-state index contributed by atoms with van der Waals surface area (Å²) in [5.41, 5.74) is -2.13. The highest BCUT2D eigenvalue weighted by atomic mass is 35.5. The van der Waals surface area contributed by atoms with Crippen LogP contribution in [0.15, 0.2) is 22.9 Å². The lowest BCUT2D eigenvalue weighted by molar-refractivity contribution is -0.137. The van der Waals surface area contributed by atoms with Crippen LogP contribution in [-0.2, 0) is 6.18 Å². The molecule has 1 aromatic rings. The SMILES string of the molecule is N#CC(=N)/C(SC(F)(F)F)=C(/N)Nc1c(Cl)cc(C(F)(F)F)cc1Cl. The van der Waals surface area contributed by atoms with Gasteiger partial charge in [0.1, 0.15) is 17.6 Å². The molecule has 136 valence electrons. The second-order valence-corrected chi connectivity index (χ2v) is 6.10. The molecule has 13 heteroatoms. The zero-order chi connectivity index (χ0) is 19.6. The Kier molecular flexibility index (Phi) is 6.50. The van der Waals surface area contributed by atoms with Crippen molar-refractivity contribution in [2.24, 2.45) is 5.73 Å². The van der Waals surface area contributed by atoms with Crippen molar-refractivity contribution in [3.63, 3.8) is 0 Å². The molecule has 0 aliphatic heterocycles. The molecule has 0 saturated carbocycles. The zero-order valence-corrected chi connectivity index (χ0v) is 13.9. The number of hydrogen-bond acceptors (Lipinski definition) is 5. The average Bonchev–Trinajstić information content (AvgIpc) is 2.45. The van der Waals surface area contributed by atoms with Gasteiger partial charge in [0.15, 0.2) is 0 Å². The minimum absolute atomic E-state index is 0.403. The third-order valence-corrected chi connectivity index (χ3v) is 3.89.